The van der Waals surface area contributed by atoms with Gasteiger partial charge in [0.05, 0.1) is 0 Å². The number of nitrogens with zero attached hydrogens (tertiary/aromatic N) is 3. The predicted molar refractivity (Wildman–Crippen MR) is 64.3 cm³/mol. The molecular formula is C12H23N3O. The second-order valence-corrected chi connectivity index (χ2v) is 4.96. The smallest absolute Gasteiger partial charge is 0.219 e. The van der Waals surface area contributed by atoms with Crippen LogP contribution in [-0.4, -0.2) is 72.5 Å². The third-order valence-electron chi connectivity index (χ3n) is 3.76. The van der Waals surface area contributed by atoms with Gasteiger partial charge >= 0.3 is 0 Å². The average molecular weight is 225 g/mol. The molecule has 0 aliphatic carbocycles. The topological polar surface area (TPSA) is 26.8 Å². The zero-order valence-electron chi connectivity index (χ0n) is 10.5. The Bertz CT molecular complexity index is 257. The number of amides is 1. The van der Waals surface area contributed by atoms with Gasteiger partial charge in [-0.05, 0) is 13.0 Å². The molecule has 92 valence electrons. The Morgan fingerprint density at radius 2 is 1.94 bits per heavy atom. The highest BCUT2D eigenvalue weighted by molar-refractivity contribution is 5.73. The van der Waals surface area contributed by atoms with Crippen molar-refractivity contribution >= 4 is 5.91 Å². The van der Waals surface area contributed by atoms with E-state index in [1.54, 1.807) is 6.92 Å². The highest BCUT2D eigenvalue weighted by atomic mass is 16.2. The van der Waals surface area contributed by atoms with Gasteiger partial charge in [0.15, 0.2) is 0 Å². The van der Waals surface area contributed by atoms with Gasteiger partial charge in [0.2, 0.25) is 5.91 Å². The summed E-state index contributed by atoms with van der Waals surface area (Å²) in [7, 11) is 0. The van der Waals surface area contributed by atoms with Crippen molar-refractivity contribution in [2.75, 3.05) is 45.8 Å². The fourth-order valence-corrected chi connectivity index (χ4v) is 2.82. The lowest BCUT2D eigenvalue weighted by atomic mass is 10.1. The quantitative estimate of drug-likeness (QED) is 0.674. The van der Waals surface area contributed by atoms with Crippen LogP contribution < -0.4 is 0 Å². The van der Waals surface area contributed by atoms with E-state index in [1.807, 2.05) is 4.90 Å². The molecule has 4 nitrogen and oxygen atoms in total. The van der Waals surface area contributed by atoms with E-state index in [-0.39, 0.29) is 5.91 Å². The standard InChI is InChI=1S/C12H23N3O/c1-3-4-13-5-6-14-7-8-15(11(2)16)10-12(14)9-13/h12H,3-10H2,1-2H3. The van der Waals surface area contributed by atoms with Gasteiger partial charge in [0.1, 0.15) is 0 Å². The Kier molecular flexibility index (Phi) is 3.82. The molecule has 1 amide bonds. The summed E-state index contributed by atoms with van der Waals surface area (Å²) in [6.45, 7) is 11.5. The van der Waals surface area contributed by atoms with Gasteiger partial charge in [-0.2, -0.15) is 0 Å². The molecule has 2 fully saturated rings. The van der Waals surface area contributed by atoms with Crippen LogP contribution in [0.1, 0.15) is 20.3 Å². The van der Waals surface area contributed by atoms with Crippen molar-refractivity contribution in [2.45, 2.75) is 26.3 Å². The summed E-state index contributed by atoms with van der Waals surface area (Å²) in [4.78, 5) is 18.5. The molecule has 0 bridgehead atoms. The van der Waals surface area contributed by atoms with Crippen LogP contribution in [0.4, 0.5) is 0 Å². The summed E-state index contributed by atoms with van der Waals surface area (Å²) in [5.74, 6) is 0.229. The number of rotatable bonds is 2. The van der Waals surface area contributed by atoms with Crippen LogP contribution in [0.15, 0.2) is 0 Å². The first kappa shape index (κ1) is 11.9. The molecule has 16 heavy (non-hydrogen) atoms. The molecule has 0 saturated carbocycles. The molecule has 1 atom stereocenters. The summed E-state index contributed by atoms with van der Waals surface area (Å²) in [6.07, 6.45) is 1.23. The van der Waals surface area contributed by atoms with E-state index < -0.39 is 0 Å². The van der Waals surface area contributed by atoms with Crippen LogP contribution >= 0.6 is 0 Å². The van der Waals surface area contributed by atoms with Crippen LogP contribution in [-0.2, 0) is 4.79 Å². The highest BCUT2D eigenvalue weighted by Gasteiger charge is 2.32. The Labute approximate surface area is 98.2 Å². The van der Waals surface area contributed by atoms with E-state index in [9.17, 15) is 4.79 Å². The minimum Gasteiger partial charge on any atom is -0.340 e. The lowest BCUT2D eigenvalue weighted by Gasteiger charge is -2.47. The Morgan fingerprint density at radius 1 is 1.19 bits per heavy atom. The number of hydrogen-bond acceptors (Lipinski definition) is 3. The molecule has 2 saturated heterocycles. The monoisotopic (exact) mass is 225 g/mol. The van der Waals surface area contributed by atoms with E-state index in [4.69, 9.17) is 0 Å². The SMILES string of the molecule is CCCN1CCN2CCN(C(C)=O)CC2C1. The van der Waals surface area contributed by atoms with E-state index in [0.717, 1.165) is 26.2 Å². The fraction of sp³-hybridized carbons (Fsp3) is 0.917. The third-order valence-corrected chi connectivity index (χ3v) is 3.76. The maximum atomic E-state index is 11.4. The predicted octanol–water partition coefficient (Wildman–Crippen LogP) is 0.245. The average Bonchev–Trinajstić information content (AvgIpc) is 2.28. The first-order valence-electron chi connectivity index (χ1n) is 6.42. The lowest BCUT2D eigenvalue weighted by Crippen LogP contribution is -2.62. The molecule has 1 unspecified atom stereocenters. The van der Waals surface area contributed by atoms with Crippen LogP contribution in [0.25, 0.3) is 0 Å². The van der Waals surface area contributed by atoms with Gasteiger partial charge < -0.3 is 9.80 Å². The number of carbonyl (C=O) groups is 1. The van der Waals surface area contributed by atoms with E-state index in [1.165, 1.54) is 26.1 Å². The van der Waals surface area contributed by atoms with Crippen LogP contribution in [0.3, 0.4) is 0 Å². The van der Waals surface area contributed by atoms with Gasteiger partial charge in [0.25, 0.3) is 0 Å². The molecule has 2 heterocycles. The fourth-order valence-electron chi connectivity index (χ4n) is 2.82. The molecule has 2 rings (SSSR count). The lowest BCUT2D eigenvalue weighted by molar-refractivity contribution is -0.132. The molecular weight excluding hydrogens is 202 g/mol. The largest absolute Gasteiger partial charge is 0.340 e. The van der Waals surface area contributed by atoms with E-state index in [0.29, 0.717) is 6.04 Å². The molecule has 0 aromatic rings. The minimum absolute atomic E-state index is 0.229. The first-order valence-corrected chi connectivity index (χ1v) is 6.42. The van der Waals surface area contributed by atoms with Crippen molar-refractivity contribution in [1.29, 1.82) is 0 Å². The molecule has 2 aliphatic heterocycles. The van der Waals surface area contributed by atoms with Crippen molar-refractivity contribution in [3.63, 3.8) is 0 Å². The summed E-state index contributed by atoms with van der Waals surface area (Å²) in [5.41, 5.74) is 0. The van der Waals surface area contributed by atoms with Crippen molar-refractivity contribution in [2.24, 2.45) is 0 Å². The molecule has 0 N–H and O–H groups in total. The van der Waals surface area contributed by atoms with Crippen LogP contribution in [0.5, 0.6) is 0 Å². The summed E-state index contributed by atoms with van der Waals surface area (Å²) >= 11 is 0. The van der Waals surface area contributed by atoms with Crippen molar-refractivity contribution in [1.82, 2.24) is 14.7 Å². The van der Waals surface area contributed by atoms with Gasteiger partial charge in [-0.25, -0.2) is 0 Å². The van der Waals surface area contributed by atoms with Crippen LogP contribution in [0, 0.1) is 0 Å². The number of fused-ring (bicyclic) bond motifs is 1. The number of hydrogen-bond donors (Lipinski definition) is 0. The number of piperazine rings is 2. The first-order chi connectivity index (χ1) is 7.70. The summed E-state index contributed by atoms with van der Waals surface area (Å²) in [5, 5.41) is 0. The Balaban J connectivity index is 1.90. The third kappa shape index (κ3) is 2.55. The van der Waals surface area contributed by atoms with Gasteiger partial charge in [-0.1, -0.05) is 6.92 Å². The molecule has 0 aromatic carbocycles. The second-order valence-electron chi connectivity index (χ2n) is 4.96. The van der Waals surface area contributed by atoms with Crippen molar-refractivity contribution in [3.05, 3.63) is 0 Å². The van der Waals surface area contributed by atoms with Gasteiger partial charge in [0, 0.05) is 52.2 Å². The molecule has 0 radical (unpaired) electrons. The Hall–Kier alpha value is -0.610. The zero-order chi connectivity index (χ0) is 11.5. The maximum Gasteiger partial charge on any atom is 0.219 e. The molecule has 2 aliphatic rings. The molecule has 4 heteroatoms. The minimum atomic E-state index is 0.229. The normalized spacial score (nSPS) is 27.9. The van der Waals surface area contributed by atoms with Gasteiger partial charge in [-0.3, -0.25) is 9.69 Å². The highest BCUT2D eigenvalue weighted by Crippen LogP contribution is 2.15. The van der Waals surface area contributed by atoms with Gasteiger partial charge in [-0.15, -0.1) is 0 Å². The van der Waals surface area contributed by atoms with E-state index in [2.05, 4.69) is 16.7 Å². The van der Waals surface area contributed by atoms with Crippen LogP contribution in [0.2, 0.25) is 0 Å². The van der Waals surface area contributed by atoms with Crippen molar-refractivity contribution in [3.8, 4) is 0 Å². The Morgan fingerprint density at radius 3 is 2.62 bits per heavy atom. The maximum absolute atomic E-state index is 11.4. The summed E-state index contributed by atoms with van der Waals surface area (Å²) in [6, 6.07) is 0.568. The van der Waals surface area contributed by atoms with E-state index >= 15 is 0 Å². The number of carbonyl (C=O) groups excluding carboxylic acids is 1. The second kappa shape index (κ2) is 5.15. The molecule has 0 aromatic heterocycles. The molecule has 0 spiro atoms. The zero-order valence-corrected chi connectivity index (χ0v) is 10.5. The van der Waals surface area contributed by atoms with Crippen molar-refractivity contribution < 1.29 is 4.79 Å². The summed E-state index contributed by atoms with van der Waals surface area (Å²) < 4.78 is 0.